The predicted molar refractivity (Wildman–Crippen MR) is 121 cm³/mol. The van der Waals surface area contributed by atoms with Crippen molar-refractivity contribution in [1.29, 1.82) is 5.26 Å². The highest BCUT2D eigenvalue weighted by molar-refractivity contribution is 14.1. The molecule has 0 amide bonds. The number of H-pyrrole nitrogens is 1. The summed E-state index contributed by atoms with van der Waals surface area (Å²) in [5.74, 6) is -0.105. The summed E-state index contributed by atoms with van der Waals surface area (Å²) in [7, 11) is 0. The van der Waals surface area contributed by atoms with Gasteiger partial charge in [0.15, 0.2) is 11.2 Å². The van der Waals surface area contributed by atoms with Gasteiger partial charge in [0.05, 0.1) is 37.6 Å². The molecule has 2 heterocycles. The number of aromatic nitrogens is 2. The van der Waals surface area contributed by atoms with E-state index in [0.29, 0.717) is 36.8 Å². The van der Waals surface area contributed by atoms with Gasteiger partial charge in [-0.15, -0.1) is 0 Å². The number of ether oxygens (including phenoxy) is 1. The molecular weight excluding hydrogens is 484 g/mol. The molecule has 0 saturated carbocycles. The van der Waals surface area contributed by atoms with Crippen molar-refractivity contribution in [3.63, 3.8) is 0 Å². The van der Waals surface area contributed by atoms with Crippen LogP contribution in [0.2, 0.25) is 0 Å². The van der Waals surface area contributed by atoms with E-state index in [2.05, 4.69) is 11.1 Å². The van der Waals surface area contributed by atoms with Crippen LogP contribution in [0, 0.1) is 20.7 Å². The molecule has 0 radical (unpaired) electrons. The number of nitrogens with zero attached hydrogens (tertiary/aromatic N) is 2. The van der Waals surface area contributed by atoms with Crippen molar-refractivity contribution in [3.05, 3.63) is 49.4 Å². The summed E-state index contributed by atoms with van der Waals surface area (Å²) in [5, 5.41) is 10.7. The topological polar surface area (TPSA) is 70.8 Å². The first-order valence-corrected chi connectivity index (χ1v) is 10.4. The smallest absolute Gasteiger partial charge is 0.199 e. The minimum absolute atomic E-state index is 0.105. The van der Waals surface area contributed by atoms with Gasteiger partial charge in [-0.05, 0) is 68.5 Å². The third-order valence-corrected chi connectivity index (χ3v) is 5.89. The standard InChI is InChI=1S/C22H19FIN3O2/c1-10(2)27-20-14(8-16(29-11(3)4)19(24)18(20)23)21(28)17-13-6-5-12(9-25)7-15(13)26-22(17)27/h5-8,10-11,26H,1-4H3. The fourth-order valence-electron chi connectivity index (χ4n) is 3.77. The number of nitriles is 1. The lowest BCUT2D eigenvalue weighted by Gasteiger charge is -2.20. The molecule has 4 aromatic rings. The van der Waals surface area contributed by atoms with E-state index in [1.165, 1.54) is 0 Å². The van der Waals surface area contributed by atoms with E-state index in [9.17, 15) is 10.1 Å². The van der Waals surface area contributed by atoms with Gasteiger partial charge in [0.25, 0.3) is 0 Å². The highest BCUT2D eigenvalue weighted by Crippen LogP contribution is 2.35. The molecule has 0 atom stereocenters. The highest BCUT2D eigenvalue weighted by atomic mass is 127. The summed E-state index contributed by atoms with van der Waals surface area (Å²) >= 11 is 1.92. The molecule has 0 unspecified atom stereocenters. The van der Waals surface area contributed by atoms with Gasteiger partial charge < -0.3 is 14.3 Å². The van der Waals surface area contributed by atoms with Crippen molar-refractivity contribution in [3.8, 4) is 11.8 Å². The second-order valence-electron chi connectivity index (χ2n) is 7.58. The summed E-state index contributed by atoms with van der Waals surface area (Å²) in [6.07, 6.45) is -0.145. The number of nitrogens with one attached hydrogen (secondary N) is 1. The van der Waals surface area contributed by atoms with Gasteiger partial charge in [-0.2, -0.15) is 5.26 Å². The van der Waals surface area contributed by atoms with Crippen molar-refractivity contribution >= 4 is 55.4 Å². The van der Waals surface area contributed by atoms with Crippen molar-refractivity contribution in [1.82, 2.24) is 9.55 Å². The number of benzene rings is 2. The molecule has 1 N–H and O–H groups in total. The number of pyridine rings is 1. The van der Waals surface area contributed by atoms with Gasteiger partial charge in [-0.3, -0.25) is 4.79 Å². The molecule has 4 rings (SSSR count). The van der Waals surface area contributed by atoms with E-state index in [1.807, 2.05) is 54.9 Å². The molecule has 2 aromatic heterocycles. The van der Waals surface area contributed by atoms with Gasteiger partial charge in [0.1, 0.15) is 11.4 Å². The molecule has 0 fully saturated rings. The number of aromatic amines is 1. The first-order valence-electron chi connectivity index (χ1n) is 9.33. The number of hydrogen-bond acceptors (Lipinski definition) is 3. The van der Waals surface area contributed by atoms with Gasteiger partial charge in [0, 0.05) is 16.9 Å². The van der Waals surface area contributed by atoms with Crippen LogP contribution < -0.4 is 10.2 Å². The van der Waals surface area contributed by atoms with E-state index in [4.69, 9.17) is 4.74 Å². The number of hydrogen-bond donors (Lipinski definition) is 1. The Hall–Kier alpha value is -2.60. The van der Waals surface area contributed by atoms with Crippen LogP contribution >= 0.6 is 22.6 Å². The molecule has 7 heteroatoms. The fraction of sp³-hybridized carbons (Fsp3) is 0.273. The molecule has 0 aliphatic rings. The average Bonchev–Trinajstić information content (AvgIpc) is 3.04. The fourth-order valence-corrected chi connectivity index (χ4v) is 4.31. The summed E-state index contributed by atoms with van der Waals surface area (Å²) < 4.78 is 23.4. The maximum Gasteiger partial charge on any atom is 0.199 e. The Morgan fingerprint density at radius 3 is 2.55 bits per heavy atom. The van der Waals surface area contributed by atoms with Crippen LogP contribution in [0.3, 0.4) is 0 Å². The molecule has 0 aliphatic heterocycles. The van der Waals surface area contributed by atoms with Crippen molar-refractivity contribution < 1.29 is 9.13 Å². The molecule has 0 bridgehead atoms. The van der Waals surface area contributed by atoms with E-state index in [1.54, 1.807) is 24.3 Å². The molecule has 0 spiro atoms. The second kappa shape index (κ2) is 7.02. The van der Waals surface area contributed by atoms with Crippen LogP contribution in [0.5, 0.6) is 5.75 Å². The van der Waals surface area contributed by atoms with Gasteiger partial charge in [-0.25, -0.2) is 4.39 Å². The summed E-state index contributed by atoms with van der Waals surface area (Å²) in [6.45, 7) is 7.61. The first-order chi connectivity index (χ1) is 13.7. The largest absolute Gasteiger partial charge is 0.490 e. The molecular formula is C22H19FIN3O2. The summed E-state index contributed by atoms with van der Waals surface area (Å²) in [6, 6.07) is 8.80. The molecule has 0 aliphatic carbocycles. The lowest BCUT2D eigenvalue weighted by Crippen LogP contribution is -2.16. The SMILES string of the molecule is CC(C)Oc1cc2c(=O)c3c4ccc(C#N)cc4[nH]c3n(C(C)C)c2c(F)c1I. The van der Waals surface area contributed by atoms with E-state index < -0.39 is 5.82 Å². The van der Waals surface area contributed by atoms with Crippen LogP contribution in [0.4, 0.5) is 4.39 Å². The zero-order valence-corrected chi connectivity index (χ0v) is 18.6. The predicted octanol–water partition coefficient (Wildman–Crippen LogP) is 5.62. The minimum Gasteiger partial charge on any atom is -0.490 e. The zero-order valence-electron chi connectivity index (χ0n) is 16.4. The lowest BCUT2D eigenvalue weighted by molar-refractivity contribution is 0.239. The highest BCUT2D eigenvalue weighted by Gasteiger charge is 2.23. The van der Waals surface area contributed by atoms with Gasteiger partial charge in [-0.1, -0.05) is 6.07 Å². The molecule has 2 aromatic carbocycles. The number of fused-ring (bicyclic) bond motifs is 4. The van der Waals surface area contributed by atoms with Gasteiger partial charge >= 0.3 is 0 Å². The average molecular weight is 503 g/mol. The molecule has 5 nitrogen and oxygen atoms in total. The number of halogens is 2. The first kappa shape index (κ1) is 19.7. The van der Waals surface area contributed by atoms with Crippen LogP contribution in [-0.4, -0.2) is 15.7 Å². The Morgan fingerprint density at radius 2 is 1.93 bits per heavy atom. The lowest BCUT2D eigenvalue weighted by atomic mass is 10.1. The van der Waals surface area contributed by atoms with Crippen molar-refractivity contribution in [2.45, 2.75) is 39.8 Å². The Labute approximate surface area is 180 Å². The monoisotopic (exact) mass is 503 g/mol. The molecule has 148 valence electrons. The molecule has 0 saturated heterocycles. The Bertz CT molecular complexity index is 1390. The zero-order chi connectivity index (χ0) is 21.0. The molecule has 29 heavy (non-hydrogen) atoms. The quantitative estimate of drug-likeness (QED) is 0.369. The minimum atomic E-state index is -0.470. The normalized spacial score (nSPS) is 11.8. The Kier molecular flexibility index (Phi) is 4.77. The Balaban J connectivity index is 2.26. The maximum absolute atomic E-state index is 15.5. The van der Waals surface area contributed by atoms with Crippen LogP contribution in [-0.2, 0) is 0 Å². The van der Waals surface area contributed by atoms with Crippen molar-refractivity contribution in [2.24, 2.45) is 0 Å². The van der Waals surface area contributed by atoms with E-state index in [-0.39, 0.29) is 28.5 Å². The van der Waals surface area contributed by atoms with Crippen LogP contribution in [0.15, 0.2) is 29.1 Å². The second-order valence-corrected chi connectivity index (χ2v) is 8.66. The summed E-state index contributed by atoms with van der Waals surface area (Å²) in [4.78, 5) is 16.7. The summed E-state index contributed by atoms with van der Waals surface area (Å²) in [5.41, 5.74) is 1.71. The van der Waals surface area contributed by atoms with Gasteiger partial charge in [0.2, 0.25) is 0 Å². The van der Waals surface area contributed by atoms with Crippen LogP contribution in [0.1, 0.15) is 39.3 Å². The van der Waals surface area contributed by atoms with E-state index >= 15 is 4.39 Å². The van der Waals surface area contributed by atoms with Crippen LogP contribution in [0.25, 0.3) is 32.8 Å². The maximum atomic E-state index is 15.5. The Morgan fingerprint density at radius 1 is 1.21 bits per heavy atom. The number of rotatable bonds is 3. The van der Waals surface area contributed by atoms with E-state index in [0.717, 1.165) is 0 Å². The third-order valence-electron chi connectivity index (χ3n) is 4.89. The van der Waals surface area contributed by atoms with Crippen molar-refractivity contribution in [2.75, 3.05) is 0 Å². The third kappa shape index (κ3) is 2.97.